The predicted molar refractivity (Wildman–Crippen MR) is 77.4 cm³/mol. The average molecular weight is 289 g/mol. The summed E-state index contributed by atoms with van der Waals surface area (Å²) in [5.41, 5.74) is 0.680. The number of carboxylic acid groups (broad SMARTS) is 1. The third-order valence-corrected chi connectivity index (χ3v) is 4.49. The van der Waals surface area contributed by atoms with E-state index in [9.17, 15) is 14.7 Å². The molecule has 1 aromatic carbocycles. The number of ether oxygens (including phenoxy) is 1. The highest BCUT2D eigenvalue weighted by molar-refractivity contribution is 5.98. The van der Waals surface area contributed by atoms with Gasteiger partial charge < -0.3 is 14.7 Å². The predicted octanol–water partition coefficient (Wildman–Crippen LogP) is 2.30. The Morgan fingerprint density at radius 1 is 1.29 bits per heavy atom. The van der Waals surface area contributed by atoms with Gasteiger partial charge in [-0.25, -0.2) is 4.79 Å². The third kappa shape index (κ3) is 2.48. The molecule has 0 spiro atoms. The van der Waals surface area contributed by atoms with E-state index in [4.69, 9.17) is 4.74 Å². The van der Waals surface area contributed by atoms with Crippen LogP contribution in [0.15, 0.2) is 24.3 Å². The molecule has 5 heteroatoms. The molecule has 1 N–H and O–H groups in total. The second-order valence-corrected chi connectivity index (χ2v) is 5.88. The van der Waals surface area contributed by atoms with Crippen LogP contribution in [0.2, 0.25) is 0 Å². The van der Waals surface area contributed by atoms with E-state index in [0.29, 0.717) is 17.4 Å². The largest absolute Gasteiger partial charge is 0.478 e. The van der Waals surface area contributed by atoms with Crippen LogP contribution in [0.25, 0.3) is 0 Å². The number of carboxylic acids is 1. The first-order chi connectivity index (χ1) is 10.1. The molecule has 1 aliphatic carbocycles. The molecule has 21 heavy (non-hydrogen) atoms. The number of carbonyl (C=O) groups excluding carboxylic acids is 1. The van der Waals surface area contributed by atoms with Gasteiger partial charge in [-0.1, -0.05) is 25.5 Å². The lowest BCUT2D eigenvalue weighted by Crippen LogP contribution is -2.49. The van der Waals surface area contributed by atoms with Gasteiger partial charge in [0.25, 0.3) is 0 Å². The van der Waals surface area contributed by atoms with Crippen molar-refractivity contribution in [2.75, 3.05) is 11.4 Å². The Morgan fingerprint density at radius 2 is 2.05 bits per heavy atom. The number of nitrogens with zero attached hydrogens (tertiary/aromatic N) is 1. The molecule has 1 aromatic rings. The first-order valence-corrected chi connectivity index (χ1v) is 7.38. The molecule has 0 aromatic heterocycles. The minimum absolute atomic E-state index is 0.00870. The van der Waals surface area contributed by atoms with Crippen molar-refractivity contribution in [3.05, 3.63) is 24.3 Å². The van der Waals surface area contributed by atoms with Crippen LogP contribution in [0.3, 0.4) is 0 Å². The molecular weight excluding hydrogens is 270 g/mol. The van der Waals surface area contributed by atoms with Crippen molar-refractivity contribution >= 4 is 17.6 Å². The highest BCUT2D eigenvalue weighted by Gasteiger charge is 2.39. The SMILES string of the molecule is CC1CCCC1C(=O)N1CC(C(=O)O)Oc2ccccc21. The average Bonchev–Trinajstić information content (AvgIpc) is 2.91. The zero-order valence-corrected chi connectivity index (χ0v) is 12.0. The van der Waals surface area contributed by atoms with Gasteiger partial charge in [0.05, 0.1) is 12.2 Å². The van der Waals surface area contributed by atoms with Crippen molar-refractivity contribution in [2.24, 2.45) is 11.8 Å². The van der Waals surface area contributed by atoms with Gasteiger partial charge in [0.1, 0.15) is 5.75 Å². The molecule has 1 fully saturated rings. The molecule has 0 saturated heterocycles. The van der Waals surface area contributed by atoms with Gasteiger partial charge in [0.2, 0.25) is 12.0 Å². The Hall–Kier alpha value is -2.04. The van der Waals surface area contributed by atoms with Crippen LogP contribution in [0, 0.1) is 11.8 Å². The Bertz CT molecular complexity index is 571. The summed E-state index contributed by atoms with van der Waals surface area (Å²) >= 11 is 0. The number of aliphatic carboxylic acids is 1. The number of hydrogen-bond acceptors (Lipinski definition) is 3. The highest BCUT2D eigenvalue weighted by Crippen LogP contribution is 2.38. The molecule has 1 heterocycles. The molecule has 5 nitrogen and oxygen atoms in total. The van der Waals surface area contributed by atoms with Crippen LogP contribution in [0.4, 0.5) is 5.69 Å². The number of fused-ring (bicyclic) bond motifs is 1. The zero-order valence-electron chi connectivity index (χ0n) is 12.0. The molecule has 0 radical (unpaired) electrons. The minimum atomic E-state index is -1.04. The Balaban J connectivity index is 1.92. The first-order valence-electron chi connectivity index (χ1n) is 7.38. The van der Waals surface area contributed by atoms with Crippen LogP contribution >= 0.6 is 0 Å². The summed E-state index contributed by atoms with van der Waals surface area (Å²) in [6.07, 6.45) is 2.01. The number of anilines is 1. The molecule has 2 aliphatic rings. The maximum Gasteiger partial charge on any atom is 0.346 e. The Kier molecular flexibility index (Phi) is 3.57. The molecule has 1 aliphatic heterocycles. The van der Waals surface area contributed by atoms with Crippen molar-refractivity contribution < 1.29 is 19.4 Å². The van der Waals surface area contributed by atoms with Crippen LogP contribution in [0.1, 0.15) is 26.2 Å². The fourth-order valence-electron chi connectivity index (χ4n) is 3.28. The zero-order chi connectivity index (χ0) is 15.0. The van der Waals surface area contributed by atoms with Gasteiger partial charge in [-0.2, -0.15) is 0 Å². The van der Waals surface area contributed by atoms with Gasteiger partial charge in [-0.3, -0.25) is 4.79 Å². The van der Waals surface area contributed by atoms with E-state index in [1.165, 1.54) is 0 Å². The normalized spacial score (nSPS) is 27.9. The molecule has 3 rings (SSSR count). The second-order valence-electron chi connectivity index (χ2n) is 5.88. The number of benzene rings is 1. The minimum Gasteiger partial charge on any atom is -0.478 e. The van der Waals surface area contributed by atoms with Crippen LogP contribution in [0.5, 0.6) is 5.75 Å². The molecular formula is C16H19NO4. The lowest BCUT2D eigenvalue weighted by atomic mass is 9.95. The summed E-state index contributed by atoms with van der Waals surface area (Å²) in [6, 6.07) is 7.14. The van der Waals surface area contributed by atoms with E-state index >= 15 is 0 Å². The van der Waals surface area contributed by atoms with Gasteiger partial charge in [-0.15, -0.1) is 0 Å². The van der Waals surface area contributed by atoms with Gasteiger partial charge >= 0.3 is 5.97 Å². The maximum absolute atomic E-state index is 12.8. The summed E-state index contributed by atoms with van der Waals surface area (Å²) in [7, 11) is 0. The Labute approximate surface area is 123 Å². The summed E-state index contributed by atoms with van der Waals surface area (Å²) in [5.74, 6) is -0.194. The molecule has 1 amide bonds. The van der Waals surface area contributed by atoms with Crippen LogP contribution < -0.4 is 9.64 Å². The summed E-state index contributed by atoms with van der Waals surface area (Å²) in [4.78, 5) is 25.7. The first kappa shape index (κ1) is 13.9. The van der Waals surface area contributed by atoms with E-state index in [-0.39, 0.29) is 18.4 Å². The quantitative estimate of drug-likeness (QED) is 0.907. The smallest absolute Gasteiger partial charge is 0.346 e. The highest BCUT2D eigenvalue weighted by atomic mass is 16.5. The number of amides is 1. The molecule has 1 saturated carbocycles. The fourth-order valence-corrected chi connectivity index (χ4v) is 3.28. The van der Waals surface area contributed by atoms with E-state index in [0.717, 1.165) is 19.3 Å². The van der Waals surface area contributed by atoms with Crippen molar-refractivity contribution in [3.8, 4) is 5.75 Å². The fraction of sp³-hybridized carbons (Fsp3) is 0.500. The lowest BCUT2D eigenvalue weighted by molar-refractivity contribution is -0.145. The van der Waals surface area contributed by atoms with Gasteiger partial charge in [0.15, 0.2) is 0 Å². The molecule has 0 bridgehead atoms. The van der Waals surface area contributed by atoms with Crippen LogP contribution in [-0.2, 0) is 9.59 Å². The molecule has 112 valence electrons. The van der Waals surface area contributed by atoms with E-state index in [1.54, 1.807) is 17.0 Å². The number of hydrogen-bond donors (Lipinski definition) is 1. The van der Waals surface area contributed by atoms with Gasteiger partial charge in [0, 0.05) is 5.92 Å². The molecule has 3 unspecified atom stereocenters. The van der Waals surface area contributed by atoms with E-state index in [1.807, 2.05) is 12.1 Å². The van der Waals surface area contributed by atoms with E-state index in [2.05, 4.69) is 6.92 Å². The summed E-state index contributed by atoms with van der Waals surface area (Å²) in [5, 5.41) is 9.22. The lowest BCUT2D eigenvalue weighted by Gasteiger charge is -2.35. The number of para-hydroxylation sites is 2. The second kappa shape index (κ2) is 5.39. The summed E-state index contributed by atoms with van der Waals surface area (Å²) in [6.45, 7) is 2.17. The Morgan fingerprint density at radius 3 is 2.71 bits per heavy atom. The number of rotatable bonds is 2. The topological polar surface area (TPSA) is 66.8 Å². The van der Waals surface area contributed by atoms with Gasteiger partial charge in [-0.05, 0) is 30.9 Å². The van der Waals surface area contributed by atoms with Crippen molar-refractivity contribution in [1.29, 1.82) is 0 Å². The maximum atomic E-state index is 12.8. The van der Waals surface area contributed by atoms with E-state index < -0.39 is 12.1 Å². The number of carbonyl (C=O) groups is 2. The molecule has 3 atom stereocenters. The van der Waals surface area contributed by atoms with Crippen molar-refractivity contribution in [2.45, 2.75) is 32.3 Å². The van der Waals surface area contributed by atoms with Crippen molar-refractivity contribution in [1.82, 2.24) is 0 Å². The van der Waals surface area contributed by atoms with Crippen LogP contribution in [-0.4, -0.2) is 29.6 Å². The van der Waals surface area contributed by atoms with Crippen molar-refractivity contribution in [3.63, 3.8) is 0 Å². The standard InChI is InChI=1S/C16H19NO4/c1-10-5-4-6-11(10)15(18)17-9-14(16(19)20)21-13-8-3-2-7-12(13)17/h2-3,7-8,10-11,14H,4-6,9H2,1H3,(H,19,20). The third-order valence-electron chi connectivity index (χ3n) is 4.49. The monoisotopic (exact) mass is 289 g/mol. The summed E-state index contributed by atoms with van der Waals surface area (Å²) < 4.78 is 5.47.